The maximum absolute atomic E-state index is 13.9. The number of hydrogen-bond acceptors (Lipinski definition) is 21. The fourth-order valence-corrected chi connectivity index (χ4v) is 11.3. The molecule has 6 N–H and O–H groups in total. The molecule has 5 bridgehead atoms. The summed E-state index contributed by atoms with van der Waals surface area (Å²) in [6.45, 7) is 19.7. The van der Waals surface area contributed by atoms with Crippen molar-refractivity contribution >= 4 is 122 Å². The van der Waals surface area contributed by atoms with E-state index in [1.165, 1.54) is 23.0 Å². The molecular weight excluding hydrogens is 1350 g/mol. The van der Waals surface area contributed by atoms with Crippen LogP contribution in [0.25, 0.3) is 34.0 Å². The molecule has 5 aliphatic rings. The van der Waals surface area contributed by atoms with Crippen LogP contribution in [0.15, 0.2) is 72.8 Å². The number of benzene rings is 2. The van der Waals surface area contributed by atoms with E-state index >= 15 is 0 Å². The zero-order valence-electron chi connectivity index (χ0n) is 57.4. The number of halogens is 3. The molecule has 0 radical (unpaired) electrons. The quantitative estimate of drug-likeness (QED) is 0.0450. The maximum Gasteiger partial charge on any atom is 0.408 e. The highest BCUT2D eigenvalue weighted by Crippen LogP contribution is 2.30. The number of carbonyl (C=O) groups is 9. The van der Waals surface area contributed by atoms with Gasteiger partial charge in [0.1, 0.15) is 36.4 Å². The topological polar surface area (TPSA) is 332 Å². The predicted molar refractivity (Wildman–Crippen MR) is 367 cm³/mol. The molecule has 1 spiro atoms. The molecule has 9 rings (SSSR count). The lowest BCUT2D eigenvalue weighted by Crippen LogP contribution is -2.61. The normalized spacial score (nSPS) is 24.9. The van der Waals surface area contributed by atoms with Crippen LogP contribution in [0.2, 0.25) is 0 Å². The minimum absolute atomic E-state index is 0.0847. The number of nitrogens with one attached hydrogen (secondary N) is 6. The SMILES string of the molecule is CC(C)[C@@H]1OC(=O)C2(/C=C/c3ccc4ccc(nc4c3)[C@@H](C)NC(=O)[C@@H]3CCCN(N3)C(=O)[C@H](C)NC1=O)COCCO2.CC(C)[C@H](OC(=O)C1(/C=C/c2ccc3ccc([C@@H](C)NC(=O)OC(C)(C)C)nc3c2)COCCO1)C(=O)N[C@@H](C)C(=O)N1CCC[C@@H](C(=O)OCC(Cl)(Cl)Cl)N1. The van der Waals surface area contributed by atoms with Gasteiger partial charge in [-0.1, -0.05) is 111 Å². The van der Waals surface area contributed by atoms with Crippen molar-refractivity contribution in [3.8, 4) is 0 Å². The average Bonchev–Trinajstić information content (AvgIpc) is 1.14. The highest BCUT2D eigenvalue weighted by molar-refractivity contribution is 6.67. The van der Waals surface area contributed by atoms with E-state index in [1.807, 2.05) is 67.6 Å². The van der Waals surface area contributed by atoms with Gasteiger partial charge in [-0.3, -0.25) is 48.8 Å². The van der Waals surface area contributed by atoms with Crippen LogP contribution in [0.1, 0.15) is 136 Å². The number of carbonyl (C=O) groups excluding carboxylic acids is 9. The van der Waals surface area contributed by atoms with Gasteiger partial charge in [0.25, 0.3) is 23.6 Å². The lowest BCUT2D eigenvalue weighted by Gasteiger charge is -2.36. The Kier molecular flexibility index (Phi) is 26.3. The van der Waals surface area contributed by atoms with Crippen molar-refractivity contribution in [2.45, 2.75) is 171 Å². The van der Waals surface area contributed by atoms with Crippen molar-refractivity contribution < 1.29 is 81.0 Å². The molecule has 6 amide bonds. The Hall–Kier alpha value is -7.60. The van der Waals surface area contributed by atoms with Crippen molar-refractivity contribution in [3.05, 3.63) is 95.3 Å². The summed E-state index contributed by atoms with van der Waals surface area (Å²) in [6.07, 6.45) is 5.50. The van der Waals surface area contributed by atoms with E-state index in [0.717, 1.165) is 16.3 Å². The van der Waals surface area contributed by atoms with Crippen molar-refractivity contribution in [3.63, 3.8) is 0 Å². The van der Waals surface area contributed by atoms with Crippen molar-refractivity contribution in [2.75, 3.05) is 59.3 Å². The molecule has 7 heterocycles. The van der Waals surface area contributed by atoms with Crippen molar-refractivity contribution in [1.29, 1.82) is 0 Å². The third-order valence-corrected chi connectivity index (χ3v) is 16.9. The fraction of sp³-hybridized carbons (Fsp3) is 0.551. The van der Waals surface area contributed by atoms with E-state index in [4.69, 9.17) is 82.7 Å². The van der Waals surface area contributed by atoms with Crippen LogP contribution in [0.4, 0.5) is 4.79 Å². The zero-order valence-corrected chi connectivity index (χ0v) is 59.7. The zero-order chi connectivity index (χ0) is 72.1. The minimum atomic E-state index is -1.79. The summed E-state index contributed by atoms with van der Waals surface area (Å²) in [4.78, 5) is 129. The first-order valence-electron chi connectivity index (χ1n) is 33.1. The Morgan fingerprint density at radius 2 is 1.43 bits per heavy atom. The first kappa shape index (κ1) is 77.1. The van der Waals surface area contributed by atoms with Crippen LogP contribution in [0, 0.1) is 11.8 Å². The van der Waals surface area contributed by atoms with Crippen LogP contribution in [0.3, 0.4) is 0 Å². The number of cyclic esters (lactones) is 1. The molecule has 4 aromatic rings. The van der Waals surface area contributed by atoms with Crippen LogP contribution in [0.5, 0.6) is 0 Å². The van der Waals surface area contributed by atoms with E-state index in [2.05, 4.69) is 32.1 Å². The Morgan fingerprint density at radius 3 is 2.10 bits per heavy atom. The number of hydrazine groups is 2. The van der Waals surface area contributed by atoms with Gasteiger partial charge < -0.3 is 59.2 Å². The molecule has 2 aromatic heterocycles. The number of rotatable bonds is 13. The molecule has 0 aliphatic carbocycles. The summed E-state index contributed by atoms with van der Waals surface area (Å²) in [7, 11) is 0. The van der Waals surface area contributed by atoms with E-state index in [-0.39, 0.29) is 45.5 Å². The average molecular weight is 1440 g/mol. The summed E-state index contributed by atoms with van der Waals surface area (Å²) in [5, 5.41) is 15.5. The standard InChI is InChI=1S/C38H50Cl3N5O10.C31H39N5O7/c1-22(2)30(31(47)42-24(4)32(48)46-16-8-9-28(45-46)33(49)53-21-38(39,40)41)55-34(50)37(20-52-17-18-54-37)15-14-25-10-11-26-12-13-27(44-29(26)19-25)23(3)43-35(51)56-36(5,6)7;1-18(2)26-28(38)33-20(4)29(39)36-13-5-6-24(35-36)27(37)32-19(3)23-10-9-22-8-7-21(16-25(22)34-23)11-12-31(30(40)43-26)17-41-14-15-42-31/h10-15,19,22-24,28,30,45H,8-9,16-18,20-21H2,1-7H3,(H,42,47)(H,43,51);7-12,16,18-20,24,26,35H,5-6,13-15,17H2,1-4H3,(H,32,37)(H,33,38)/b15-14+;12-11+/t23-,24+,28+,30+,37?;19-,20+,24+,26+,31?/m11/s1. The minimum Gasteiger partial charge on any atom is -0.460 e. The van der Waals surface area contributed by atoms with E-state index in [1.54, 1.807) is 80.5 Å². The lowest BCUT2D eigenvalue weighted by molar-refractivity contribution is -0.195. The summed E-state index contributed by atoms with van der Waals surface area (Å²) in [5.41, 5.74) is 6.05. The molecule has 30 heteroatoms. The highest BCUT2D eigenvalue weighted by Gasteiger charge is 2.47. The number of aromatic nitrogens is 2. The third-order valence-electron chi connectivity index (χ3n) is 16.6. The van der Waals surface area contributed by atoms with Gasteiger partial charge in [0.2, 0.25) is 20.9 Å². The smallest absolute Gasteiger partial charge is 0.408 e. The van der Waals surface area contributed by atoms with Gasteiger partial charge in [0.05, 0.1) is 74.1 Å². The predicted octanol–water partition coefficient (Wildman–Crippen LogP) is 6.89. The number of nitrogens with zero attached hydrogens (tertiary/aromatic N) is 4. The molecule has 2 aromatic carbocycles. The van der Waals surface area contributed by atoms with Gasteiger partial charge in [0.15, 0.2) is 12.2 Å². The van der Waals surface area contributed by atoms with Crippen molar-refractivity contribution in [1.82, 2.24) is 52.1 Å². The molecule has 27 nitrogen and oxygen atoms in total. The largest absolute Gasteiger partial charge is 0.460 e. The number of ether oxygens (including phenoxy) is 8. The molecule has 4 fully saturated rings. The number of hydrogen-bond donors (Lipinski definition) is 6. The number of alkyl halides is 3. The van der Waals surface area contributed by atoms with Crippen LogP contribution in [-0.2, 0) is 76.3 Å². The van der Waals surface area contributed by atoms with Crippen LogP contribution >= 0.6 is 34.8 Å². The lowest BCUT2D eigenvalue weighted by atomic mass is 10.0. The van der Waals surface area contributed by atoms with Crippen molar-refractivity contribution in [2.24, 2.45) is 11.8 Å². The molecule has 5 aliphatic heterocycles. The third kappa shape index (κ3) is 21.0. The number of pyridine rings is 2. The second-order valence-corrected chi connectivity index (χ2v) is 29.2. The summed E-state index contributed by atoms with van der Waals surface area (Å²) < 4.78 is 43.4. The number of amides is 6. The first-order valence-corrected chi connectivity index (χ1v) is 34.2. The van der Waals surface area contributed by atoms with E-state index in [9.17, 15) is 43.2 Å². The summed E-state index contributed by atoms with van der Waals surface area (Å²) in [5.74, 6) is -5.70. The first-order chi connectivity index (χ1) is 46.7. The Balaban J connectivity index is 0.000000260. The molecule has 0 saturated carbocycles. The Morgan fingerprint density at radius 1 is 0.768 bits per heavy atom. The van der Waals surface area contributed by atoms with Crippen LogP contribution in [-0.4, -0.2) is 190 Å². The van der Waals surface area contributed by atoms with Gasteiger partial charge in [0, 0.05) is 23.9 Å². The van der Waals surface area contributed by atoms with Gasteiger partial charge >= 0.3 is 24.0 Å². The van der Waals surface area contributed by atoms with E-state index in [0.29, 0.717) is 66.8 Å². The number of esters is 3. The second-order valence-electron chi connectivity index (χ2n) is 26.7. The maximum atomic E-state index is 13.9. The van der Waals surface area contributed by atoms with E-state index < -0.39 is 135 Å². The molecule has 99 heavy (non-hydrogen) atoms. The molecular formula is C69H89Cl3N10O17. The van der Waals surface area contributed by atoms with Gasteiger partial charge in [-0.05, 0) is 134 Å². The summed E-state index contributed by atoms with van der Waals surface area (Å²) in [6, 6.07) is 14.5. The summed E-state index contributed by atoms with van der Waals surface area (Å²) >= 11 is 17.0. The molecule has 4 saturated heterocycles. The fourth-order valence-electron chi connectivity index (χ4n) is 11.2. The van der Waals surface area contributed by atoms with Gasteiger partial charge in [-0.25, -0.2) is 25.2 Å². The molecule has 2 unspecified atom stereocenters. The van der Waals surface area contributed by atoms with Gasteiger partial charge in [-0.15, -0.1) is 0 Å². The van der Waals surface area contributed by atoms with Gasteiger partial charge in [-0.2, -0.15) is 0 Å². The Bertz CT molecular complexity index is 3660. The highest BCUT2D eigenvalue weighted by atomic mass is 35.6. The second kappa shape index (κ2) is 33.7. The molecule has 10 atom stereocenters. The monoisotopic (exact) mass is 1430 g/mol. The number of alkyl carbamates (subject to hydrolysis) is 1. The Labute approximate surface area is 590 Å². The number of fused-ring (bicyclic) bond motifs is 5. The molecule has 538 valence electrons. The van der Waals surface area contributed by atoms with Crippen LogP contribution < -0.4 is 32.1 Å².